The third-order valence-electron chi connectivity index (χ3n) is 5.55. The first-order valence-corrected chi connectivity index (χ1v) is 10.8. The molecule has 8 heteroatoms. The number of carbonyl (C=O) groups is 1. The number of amides is 1. The fourth-order valence-corrected chi connectivity index (χ4v) is 3.84. The average Bonchev–Trinajstić information content (AvgIpc) is 2.86. The summed E-state index contributed by atoms with van der Waals surface area (Å²) in [5.74, 6) is 1.45. The van der Waals surface area contributed by atoms with Crippen LogP contribution < -0.4 is 15.8 Å². The van der Waals surface area contributed by atoms with E-state index in [0.29, 0.717) is 35.9 Å². The summed E-state index contributed by atoms with van der Waals surface area (Å²) in [6, 6.07) is 17.0. The van der Waals surface area contributed by atoms with Crippen LogP contribution in [-0.4, -0.2) is 39.6 Å². The third-order valence-corrected chi connectivity index (χ3v) is 5.55. The smallest absolute Gasteiger partial charge is 0.245 e. The second-order valence-corrected chi connectivity index (χ2v) is 7.79. The van der Waals surface area contributed by atoms with Gasteiger partial charge in [0.25, 0.3) is 0 Å². The van der Waals surface area contributed by atoms with Crippen molar-refractivity contribution in [2.45, 2.75) is 12.8 Å². The molecule has 1 aliphatic heterocycles. The fraction of sp³-hybridized carbons (Fsp3) is 0.200. The van der Waals surface area contributed by atoms with Crippen molar-refractivity contribution >= 4 is 28.8 Å². The molecule has 8 nitrogen and oxygen atoms in total. The Hall–Kier alpha value is -4.20. The molecule has 4 rings (SSSR count). The maximum absolute atomic E-state index is 12.0. The van der Waals surface area contributed by atoms with E-state index >= 15 is 0 Å². The molecule has 1 saturated heterocycles. The van der Waals surface area contributed by atoms with Gasteiger partial charge in [-0.15, -0.1) is 0 Å². The molecule has 0 aliphatic carbocycles. The molecule has 4 N–H and O–H groups in total. The van der Waals surface area contributed by atoms with Gasteiger partial charge in [-0.1, -0.05) is 24.8 Å². The Kier molecular flexibility index (Phi) is 6.64. The van der Waals surface area contributed by atoms with Gasteiger partial charge in [-0.3, -0.25) is 4.79 Å². The SMILES string of the molecule is C=CC(=O)N1CCC[C@@H](C(=N)c2ncnc(N)c2Nc2ccc(Oc3ccccc3)cc2)C1. The predicted octanol–water partition coefficient (Wildman–Crippen LogP) is 4.39. The van der Waals surface area contributed by atoms with Gasteiger partial charge in [0.1, 0.15) is 29.2 Å². The average molecular weight is 443 g/mol. The van der Waals surface area contributed by atoms with Crippen LogP contribution in [0.5, 0.6) is 11.5 Å². The number of ether oxygens (including phenoxy) is 1. The van der Waals surface area contributed by atoms with E-state index < -0.39 is 0 Å². The standard InChI is InChI=1S/C25H26N6O2/c1-2-21(32)31-14-6-7-17(15-31)22(26)23-24(25(27)29-16-28-23)30-18-10-12-20(13-11-18)33-19-8-4-3-5-9-19/h2-5,8-13,16-17,26,30H,1,6-7,14-15H2,(H2,27,28,29)/t17-/m1/s1. The largest absolute Gasteiger partial charge is 0.457 e. The minimum Gasteiger partial charge on any atom is -0.457 e. The Morgan fingerprint density at radius 3 is 2.61 bits per heavy atom. The lowest BCUT2D eigenvalue weighted by atomic mass is 9.90. The number of nitrogens with zero attached hydrogens (tertiary/aromatic N) is 3. The van der Waals surface area contributed by atoms with E-state index in [1.165, 1.54) is 12.4 Å². The summed E-state index contributed by atoms with van der Waals surface area (Å²) in [6.07, 6.45) is 4.29. The second kappa shape index (κ2) is 9.95. The van der Waals surface area contributed by atoms with Gasteiger partial charge in [-0.2, -0.15) is 0 Å². The van der Waals surface area contributed by atoms with Crippen LogP contribution in [-0.2, 0) is 4.79 Å². The summed E-state index contributed by atoms with van der Waals surface area (Å²) >= 11 is 0. The van der Waals surface area contributed by atoms with E-state index in [9.17, 15) is 4.79 Å². The molecule has 0 unspecified atom stereocenters. The molecule has 0 bridgehead atoms. The maximum Gasteiger partial charge on any atom is 0.245 e. The minimum atomic E-state index is -0.140. The number of aromatic nitrogens is 2. The maximum atomic E-state index is 12.0. The number of likely N-dealkylation sites (tertiary alicyclic amines) is 1. The summed E-state index contributed by atoms with van der Waals surface area (Å²) in [6.45, 7) is 4.69. The molecule has 1 amide bonds. The Labute approximate surface area is 192 Å². The van der Waals surface area contributed by atoms with Gasteiger partial charge >= 0.3 is 0 Å². The quantitative estimate of drug-likeness (QED) is 0.369. The third kappa shape index (κ3) is 5.17. The van der Waals surface area contributed by atoms with Crippen molar-refractivity contribution in [2.24, 2.45) is 5.92 Å². The molecule has 168 valence electrons. The minimum absolute atomic E-state index is 0.120. The van der Waals surface area contributed by atoms with Gasteiger partial charge < -0.3 is 26.1 Å². The van der Waals surface area contributed by atoms with Crippen molar-refractivity contribution in [3.8, 4) is 11.5 Å². The van der Waals surface area contributed by atoms with E-state index in [1.54, 1.807) is 4.90 Å². The van der Waals surface area contributed by atoms with E-state index in [2.05, 4.69) is 21.9 Å². The topological polar surface area (TPSA) is 117 Å². The van der Waals surface area contributed by atoms with Gasteiger partial charge in [0.15, 0.2) is 5.82 Å². The van der Waals surface area contributed by atoms with Crippen LogP contribution in [0, 0.1) is 11.3 Å². The molecule has 0 saturated carbocycles. The fourth-order valence-electron chi connectivity index (χ4n) is 3.84. The molecule has 2 aromatic carbocycles. The van der Waals surface area contributed by atoms with Crippen molar-refractivity contribution < 1.29 is 9.53 Å². The molecule has 1 aromatic heterocycles. The molecule has 3 aromatic rings. The number of hydrogen-bond donors (Lipinski definition) is 3. The molecule has 1 fully saturated rings. The van der Waals surface area contributed by atoms with Gasteiger partial charge in [-0.25, -0.2) is 9.97 Å². The van der Waals surface area contributed by atoms with Crippen LogP contribution in [0.4, 0.5) is 17.2 Å². The van der Waals surface area contributed by atoms with Crippen molar-refractivity contribution in [3.05, 3.63) is 79.3 Å². The highest BCUT2D eigenvalue weighted by molar-refractivity contribution is 6.05. The predicted molar refractivity (Wildman–Crippen MR) is 129 cm³/mol. The monoisotopic (exact) mass is 442 g/mol. The van der Waals surface area contributed by atoms with Crippen LogP contribution in [0.25, 0.3) is 0 Å². The summed E-state index contributed by atoms with van der Waals surface area (Å²) in [7, 11) is 0. The molecule has 33 heavy (non-hydrogen) atoms. The molecule has 2 heterocycles. The van der Waals surface area contributed by atoms with E-state index in [4.69, 9.17) is 15.9 Å². The Morgan fingerprint density at radius 2 is 1.88 bits per heavy atom. The molecule has 0 radical (unpaired) electrons. The van der Waals surface area contributed by atoms with Crippen LogP contribution in [0.15, 0.2) is 73.6 Å². The molecular formula is C25H26N6O2. The van der Waals surface area contributed by atoms with Gasteiger partial charge in [0.05, 0.1) is 5.71 Å². The first-order valence-electron chi connectivity index (χ1n) is 10.8. The lowest BCUT2D eigenvalue weighted by Gasteiger charge is -2.32. The Balaban J connectivity index is 1.51. The number of hydrogen-bond acceptors (Lipinski definition) is 7. The van der Waals surface area contributed by atoms with Crippen LogP contribution in [0.1, 0.15) is 18.5 Å². The number of nitrogens with two attached hydrogens (primary N) is 1. The van der Waals surface area contributed by atoms with E-state index in [0.717, 1.165) is 24.3 Å². The van der Waals surface area contributed by atoms with E-state index in [1.807, 2.05) is 54.6 Å². The van der Waals surface area contributed by atoms with Gasteiger partial charge in [0, 0.05) is 24.7 Å². The number of nitrogen functional groups attached to an aromatic ring is 1. The van der Waals surface area contributed by atoms with Crippen molar-refractivity contribution in [3.63, 3.8) is 0 Å². The van der Waals surface area contributed by atoms with Crippen molar-refractivity contribution in [1.29, 1.82) is 5.41 Å². The molecular weight excluding hydrogens is 416 g/mol. The highest BCUT2D eigenvalue weighted by Gasteiger charge is 2.28. The summed E-state index contributed by atoms with van der Waals surface area (Å²) in [5.41, 5.74) is 8.16. The highest BCUT2D eigenvalue weighted by Crippen LogP contribution is 2.30. The first kappa shape index (κ1) is 22.0. The number of piperidine rings is 1. The van der Waals surface area contributed by atoms with Crippen LogP contribution >= 0.6 is 0 Å². The van der Waals surface area contributed by atoms with Crippen molar-refractivity contribution in [2.75, 3.05) is 24.1 Å². The zero-order chi connectivity index (χ0) is 23.2. The van der Waals surface area contributed by atoms with Crippen LogP contribution in [0.3, 0.4) is 0 Å². The summed E-state index contributed by atoms with van der Waals surface area (Å²) in [5, 5.41) is 12.1. The zero-order valence-electron chi connectivity index (χ0n) is 18.2. The lowest BCUT2D eigenvalue weighted by Crippen LogP contribution is -2.41. The zero-order valence-corrected chi connectivity index (χ0v) is 18.2. The lowest BCUT2D eigenvalue weighted by molar-refractivity contribution is -0.127. The van der Waals surface area contributed by atoms with Gasteiger partial charge in [0.2, 0.25) is 5.91 Å². The van der Waals surface area contributed by atoms with Gasteiger partial charge in [-0.05, 0) is 55.3 Å². The second-order valence-electron chi connectivity index (χ2n) is 7.79. The number of anilines is 3. The molecule has 1 aliphatic rings. The molecule has 1 atom stereocenters. The van der Waals surface area contributed by atoms with E-state index in [-0.39, 0.29) is 17.6 Å². The Morgan fingerprint density at radius 1 is 1.15 bits per heavy atom. The number of benzene rings is 2. The summed E-state index contributed by atoms with van der Waals surface area (Å²) in [4.78, 5) is 22.2. The summed E-state index contributed by atoms with van der Waals surface area (Å²) < 4.78 is 5.84. The number of carbonyl (C=O) groups excluding carboxylic acids is 1. The first-order chi connectivity index (χ1) is 16.0. The number of nitrogens with one attached hydrogen (secondary N) is 2. The molecule has 0 spiro atoms. The number of para-hydroxylation sites is 1. The number of rotatable bonds is 7. The van der Waals surface area contributed by atoms with Crippen molar-refractivity contribution in [1.82, 2.24) is 14.9 Å². The highest BCUT2D eigenvalue weighted by atomic mass is 16.5. The Bertz CT molecular complexity index is 1150. The normalized spacial score (nSPS) is 15.5. The van der Waals surface area contributed by atoms with Crippen LogP contribution in [0.2, 0.25) is 0 Å².